The molecule has 2 aromatic rings. The van der Waals surface area contributed by atoms with Gasteiger partial charge in [-0.1, -0.05) is 29.8 Å². The van der Waals surface area contributed by atoms with Crippen LogP contribution in [0, 0.1) is 24.0 Å². The quantitative estimate of drug-likeness (QED) is 0.616. The first-order chi connectivity index (χ1) is 12.8. The highest BCUT2D eigenvalue weighted by atomic mass is 32.2. The summed E-state index contributed by atoms with van der Waals surface area (Å²) in [5.41, 5.74) is 2.59. The lowest BCUT2D eigenvalue weighted by Gasteiger charge is -2.31. The van der Waals surface area contributed by atoms with Crippen molar-refractivity contribution in [2.45, 2.75) is 25.3 Å². The summed E-state index contributed by atoms with van der Waals surface area (Å²) in [5.74, 6) is 0. The van der Waals surface area contributed by atoms with Crippen LogP contribution in [0.3, 0.4) is 0 Å². The van der Waals surface area contributed by atoms with Gasteiger partial charge in [0.25, 0.3) is 5.69 Å². The third kappa shape index (κ3) is 4.18. The van der Waals surface area contributed by atoms with Crippen LogP contribution in [0.4, 0.5) is 5.69 Å². The number of quaternary nitrogens is 1. The monoisotopic (exact) mass is 390 g/mol. The van der Waals surface area contributed by atoms with Gasteiger partial charge in [-0.25, -0.2) is 8.42 Å². The molecular weight excluding hydrogens is 366 g/mol. The van der Waals surface area contributed by atoms with Crippen LogP contribution < -0.4 is 4.90 Å². The van der Waals surface area contributed by atoms with Crippen molar-refractivity contribution < 1.29 is 18.2 Å². The Morgan fingerprint density at radius 2 is 1.78 bits per heavy atom. The van der Waals surface area contributed by atoms with Gasteiger partial charge in [-0.2, -0.15) is 4.31 Å². The molecule has 0 aliphatic carbocycles. The average molecular weight is 390 g/mol. The van der Waals surface area contributed by atoms with E-state index in [1.54, 1.807) is 24.3 Å². The highest BCUT2D eigenvalue weighted by Crippen LogP contribution is 2.21. The first-order valence-corrected chi connectivity index (χ1v) is 10.4. The number of rotatable bonds is 5. The zero-order valence-corrected chi connectivity index (χ0v) is 16.3. The number of sulfonamides is 1. The number of hydrogen-bond donors (Lipinski definition) is 1. The van der Waals surface area contributed by atoms with E-state index < -0.39 is 10.0 Å². The number of hydrogen-bond acceptors (Lipinski definition) is 4. The molecule has 8 heteroatoms. The summed E-state index contributed by atoms with van der Waals surface area (Å²) < 4.78 is 27.4. The van der Waals surface area contributed by atoms with E-state index in [0.29, 0.717) is 43.2 Å². The van der Waals surface area contributed by atoms with E-state index in [1.165, 1.54) is 10.4 Å². The smallest absolute Gasteiger partial charge is 0.278 e. The Morgan fingerprint density at radius 1 is 1.11 bits per heavy atom. The largest absolute Gasteiger partial charge is 0.329 e. The first kappa shape index (κ1) is 19.5. The Bertz CT molecular complexity index is 951. The van der Waals surface area contributed by atoms with Gasteiger partial charge in [0.05, 0.1) is 41.6 Å². The standard InChI is InChI=1S/C19H23N3O4S/c1-15-7-8-19(16(2)13-15)27(25,26)21-11-9-20(10-12-21)14-17-5-3-4-6-18(17)22(23)24/h3-8,13H,9-12,14H2,1-2H3/p+1. The number of aryl methyl sites for hydroxylation is 2. The third-order valence-electron chi connectivity index (χ3n) is 5.01. The third-order valence-corrected chi connectivity index (χ3v) is 7.07. The van der Waals surface area contributed by atoms with Crippen molar-refractivity contribution in [2.75, 3.05) is 26.2 Å². The summed E-state index contributed by atoms with van der Waals surface area (Å²) in [6.07, 6.45) is 0. The second-order valence-electron chi connectivity index (χ2n) is 6.99. The molecule has 0 unspecified atom stereocenters. The Morgan fingerprint density at radius 3 is 2.41 bits per heavy atom. The molecule has 144 valence electrons. The Labute approximate surface area is 159 Å². The van der Waals surface area contributed by atoms with Gasteiger partial charge in [-0.3, -0.25) is 10.1 Å². The number of benzene rings is 2. The number of para-hydroxylation sites is 1. The minimum absolute atomic E-state index is 0.121. The van der Waals surface area contributed by atoms with Crippen molar-refractivity contribution in [1.29, 1.82) is 0 Å². The summed E-state index contributed by atoms with van der Waals surface area (Å²) in [5, 5.41) is 11.2. The van der Waals surface area contributed by atoms with Crippen LogP contribution in [0.25, 0.3) is 0 Å². The topological polar surface area (TPSA) is 85.0 Å². The molecular formula is C19H24N3O4S+. The fraction of sp³-hybridized carbons (Fsp3) is 0.368. The minimum Gasteiger partial charge on any atom is -0.329 e. The van der Waals surface area contributed by atoms with Crippen LogP contribution in [-0.2, 0) is 16.6 Å². The van der Waals surface area contributed by atoms with Crippen molar-refractivity contribution in [3.63, 3.8) is 0 Å². The number of nitro benzene ring substituents is 1. The SMILES string of the molecule is Cc1ccc(S(=O)(=O)N2CC[NH+](Cc3ccccc3[N+](=O)[O-])CC2)c(C)c1. The maximum atomic E-state index is 13.0. The molecule has 1 N–H and O–H groups in total. The Hall–Kier alpha value is -2.29. The van der Waals surface area contributed by atoms with Gasteiger partial charge in [-0.05, 0) is 31.5 Å². The van der Waals surface area contributed by atoms with Crippen molar-refractivity contribution >= 4 is 15.7 Å². The van der Waals surface area contributed by atoms with Gasteiger partial charge in [0.2, 0.25) is 10.0 Å². The van der Waals surface area contributed by atoms with Crippen molar-refractivity contribution in [1.82, 2.24) is 4.31 Å². The van der Waals surface area contributed by atoms with Crippen LogP contribution in [0.5, 0.6) is 0 Å². The molecule has 0 atom stereocenters. The predicted molar refractivity (Wildman–Crippen MR) is 102 cm³/mol. The van der Waals surface area contributed by atoms with Gasteiger partial charge in [0.15, 0.2) is 0 Å². The van der Waals surface area contributed by atoms with E-state index >= 15 is 0 Å². The summed E-state index contributed by atoms with van der Waals surface area (Å²) >= 11 is 0. The molecule has 0 saturated carbocycles. The normalized spacial score (nSPS) is 16.4. The van der Waals surface area contributed by atoms with E-state index in [0.717, 1.165) is 16.0 Å². The maximum absolute atomic E-state index is 13.0. The van der Waals surface area contributed by atoms with Gasteiger partial charge in [0, 0.05) is 6.07 Å². The van der Waals surface area contributed by atoms with E-state index in [2.05, 4.69) is 0 Å². The van der Waals surface area contributed by atoms with Crippen molar-refractivity contribution in [3.05, 3.63) is 69.3 Å². The zero-order chi connectivity index (χ0) is 19.6. The van der Waals surface area contributed by atoms with E-state index in [1.807, 2.05) is 26.0 Å². The molecule has 3 rings (SSSR count). The van der Waals surface area contributed by atoms with Gasteiger partial charge in [0.1, 0.15) is 6.54 Å². The summed E-state index contributed by atoms with van der Waals surface area (Å²) in [7, 11) is -3.52. The number of nitrogens with one attached hydrogen (secondary N) is 1. The van der Waals surface area contributed by atoms with Crippen LogP contribution in [0.15, 0.2) is 47.4 Å². The molecule has 7 nitrogen and oxygen atoms in total. The first-order valence-electron chi connectivity index (χ1n) is 8.92. The lowest BCUT2D eigenvalue weighted by Crippen LogP contribution is -3.13. The summed E-state index contributed by atoms with van der Waals surface area (Å²) in [6, 6.07) is 12.1. The summed E-state index contributed by atoms with van der Waals surface area (Å²) in [4.78, 5) is 12.3. The molecule has 0 aromatic heterocycles. The Kier molecular flexibility index (Phi) is 5.59. The molecule has 0 spiro atoms. The Balaban J connectivity index is 1.69. The molecule has 1 aliphatic heterocycles. The molecule has 1 aliphatic rings. The molecule has 2 aromatic carbocycles. The lowest BCUT2D eigenvalue weighted by atomic mass is 10.1. The predicted octanol–water partition coefficient (Wildman–Crippen LogP) is 1.30. The second kappa shape index (κ2) is 7.75. The molecule has 1 saturated heterocycles. The molecule has 0 amide bonds. The highest BCUT2D eigenvalue weighted by Gasteiger charge is 2.32. The number of piperazine rings is 1. The second-order valence-corrected chi connectivity index (χ2v) is 8.89. The van der Waals surface area contributed by atoms with Crippen molar-refractivity contribution in [3.8, 4) is 0 Å². The van der Waals surface area contributed by atoms with Crippen LogP contribution in [0.2, 0.25) is 0 Å². The van der Waals surface area contributed by atoms with Crippen LogP contribution >= 0.6 is 0 Å². The molecule has 27 heavy (non-hydrogen) atoms. The highest BCUT2D eigenvalue weighted by molar-refractivity contribution is 7.89. The lowest BCUT2D eigenvalue weighted by molar-refractivity contribution is -0.917. The van der Waals surface area contributed by atoms with E-state index in [4.69, 9.17) is 0 Å². The fourth-order valence-electron chi connectivity index (χ4n) is 3.56. The zero-order valence-electron chi connectivity index (χ0n) is 15.5. The molecule has 0 bridgehead atoms. The minimum atomic E-state index is -3.52. The molecule has 1 heterocycles. The fourth-order valence-corrected chi connectivity index (χ4v) is 5.20. The number of nitro groups is 1. The van der Waals surface area contributed by atoms with Gasteiger partial charge in [-0.15, -0.1) is 0 Å². The van der Waals surface area contributed by atoms with Gasteiger partial charge < -0.3 is 4.90 Å². The molecule has 1 fully saturated rings. The maximum Gasteiger partial charge on any atom is 0.278 e. The van der Waals surface area contributed by atoms with Gasteiger partial charge >= 0.3 is 0 Å². The van der Waals surface area contributed by atoms with E-state index in [9.17, 15) is 18.5 Å². The molecule has 0 radical (unpaired) electrons. The van der Waals surface area contributed by atoms with Crippen LogP contribution in [-0.4, -0.2) is 43.8 Å². The average Bonchev–Trinajstić information content (AvgIpc) is 2.62. The van der Waals surface area contributed by atoms with Crippen molar-refractivity contribution in [2.24, 2.45) is 0 Å². The van der Waals surface area contributed by atoms with Crippen LogP contribution in [0.1, 0.15) is 16.7 Å². The number of nitrogens with zero attached hydrogens (tertiary/aromatic N) is 2. The van der Waals surface area contributed by atoms with E-state index in [-0.39, 0.29) is 10.6 Å². The summed E-state index contributed by atoms with van der Waals surface area (Å²) in [6.45, 7) is 6.34.